The van der Waals surface area contributed by atoms with Crippen LogP contribution >= 0.6 is 11.3 Å². The maximum atomic E-state index is 11.6. The van der Waals surface area contributed by atoms with E-state index in [4.69, 9.17) is 9.84 Å². The predicted octanol–water partition coefficient (Wildman–Crippen LogP) is 2.18. The van der Waals surface area contributed by atoms with E-state index in [1.807, 2.05) is 17.5 Å². The van der Waals surface area contributed by atoms with Crippen molar-refractivity contribution in [2.24, 2.45) is 0 Å². The minimum Gasteiger partial charge on any atom is -0.484 e. The molecule has 0 radical (unpaired) electrons. The van der Waals surface area contributed by atoms with E-state index in [9.17, 15) is 9.59 Å². The number of carboxylic acid groups (broad SMARTS) is 1. The summed E-state index contributed by atoms with van der Waals surface area (Å²) in [5.74, 6) is -0.727. The number of rotatable bonds is 7. The van der Waals surface area contributed by atoms with Crippen LogP contribution in [-0.4, -0.2) is 30.1 Å². The molecule has 2 rings (SSSR count). The maximum absolute atomic E-state index is 11.6. The summed E-state index contributed by atoms with van der Waals surface area (Å²) in [6.07, 6.45) is 0.802. The molecule has 0 saturated carbocycles. The van der Waals surface area contributed by atoms with Crippen molar-refractivity contribution in [2.45, 2.75) is 6.42 Å². The van der Waals surface area contributed by atoms with Crippen LogP contribution in [0.4, 0.5) is 0 Å². The molecule has 0 atom stereocenters. The Labute approximate surface area is 126 Å². The van der Waals surface area contributed by atoms with Crippen LogP contribution in [0.15, 0.2) is 41.8 Å². The molecular weight excluding hydrogens is 290 g/mol. The first-order chi connectivity index (χ1) is 10.1. The monoisotopic (exact) mass is 305 g/mol. The molecule has 0 aliphatic rings. The van der Waals surface area contributed by atoms with Gasteiger partial charge < -0.3 is 15.2 Å². The predicted molar refractivity (Wildman–Crippen MR) is 79.9 cm³/mol. The molecule has 1 heterocycles. The summed E-state index contributed by atoms with van der Waals surface area (Å²) < 4.78 is 5.29. The van der Waals surface area contributed by atoms with Crippen LogP contribution < -0.4 is 10.1 Å². The number of aromatic carboxylic acids is 1. The Morgan fingerprint density at radius 2 is 1.95 bits per heavy atom. The third-order valence-corrected chi connectivity index (χ3v) is 3.68. The van der Waals surface area contributed by atoms with Crippen molar-refractivity contribution in [3.8, 4) is 5.75 Å². The van der Waals surface area contributed by atoms with Gasteiger partial charge in [0.05, 0.1) is 5.56 Å². The van der Waals surface area contributed by atoms with Crippen LogP contribution in [0.3, 0.4) is 0 Å². The van der Waals surface area contributed by atoms with E-state index in [-0.39, 0.29) is 18.1 Å². The van der Waals surface area contributed by atoms with Crippen LogP contribution in [0.25, 0.3) is 0 Å². The second-order valence-electron chi connectivity index (χ2n) is 4.30. The Bertz CT molecular complexity index is 593. The van der Waals surface area contributed by atoms with Gasteiger partial charge in [0.1, 0.15) is 5.75 Å². The molecule has 5 nitrogen and oxygen atoms in total. The third kappa shape index (κ3) is 4.92. The number of ether oxygens (including phenoxy) is 1. The Hall–Kier alpha value is -2.34. The van der Waals surface area contributed by atoms with Crippen LogP contribution in [0.5, 0.6) is 5.75 Å². The Morgan fingerprint density at radius 1 is 1.19 bits per heavy atom. The highest BCUT2D eigenvalue weighted by Gasteiger charge is 2.05. The molecule has 0 unspecified atom stereocenters. The minimum absolute atomic E-state index is 0.0864. The van der Waals surface area contributed by atoms with Crippen molar-refractivity contribution in [3.05, 3.63) is 52.2 Å². The van der Waals surface area contributed by atoms with Crippen molar-refractivity contribution < 1.29 is 19.4 Å². The van der Waals surface area contributed by atoms with Gasteiger partial charge in [-0.05, 0) is 42.1 Å². The van der Waals surface area contributed by atoms with Crippen molar-refractivity contribution in [1.82, 2.24) is 5.32 Å². The largest absolute Gasteiger partial charge is 0.484 e. The summed E-state index contributed by atoms with van der Waals surface area (Å²) in [7, 11) is 0. The van der Waals surface area contributed by atoms with Gasteiger partial charge in [0, 0.05) is 11.4 Å². The Balaban J connectivity index is 1.69. The first-order valence-electron chi connectivity index (χ1n) is 6.40. The van der Waals surface area contributed by atoms with Crippen molar-refractivity contribution in [1.29, 1.82) is 0 Å². The number of thiophene rings is 1. The zero-order chi connectivity index (χ0) is 15.1. The molecule has 1 amide bonds. The van der Waals surface area contributed by atoms with E-state index in [2.05, 4.69) is 5.32 Å². The summed E-state index contributed by atoms with van der Waals surface area (Å²) in [6.45, 7) is 0.484. The van der Waals surface area contributed by atoms with Gasteiger partial charge in [-0.2, -0.15) is 0 Å². The van der Waals surface area contributed by atoms with Gasteiger partial charge in [-0.3, -0.25) is 4.79 Å². The van der Waals surface area contributed by atoms with Crippen LogP contribution in [0, 0.1) is 0 Å². The second kappa shape index (κ2) is 7.44. The normalized spacial score (nSPS) is 10.1. The Kier molecular flexibility index (Phi) is 5.34. The molecule has 110 valence electrons. The molecule has 0 saturated heterocycles. The van der Waals surface area contributed by atoms with Crippen molar-refractivity contribution >= 4 is 23.2 Å². The lowest BCUT2D eigenvalue weighted by molar-refractivity contribution is -0.123. The van der Waals surface area contributed by atoms with Crippen molar-refractivity contribution in [2.75, 3.05) is 13.2 Å². The molecule has 21 heavy (non-hydrogen) atoms. The molecule has 0 fully saturated rings. The van der Waals surface area contributed by atoms with Gasteiger partial charge in [-0.1, -0.05) is 6.07 Å². The fourth-order valence-electron chi connectivity index (χ4n) is 1.67. The number of benzene rings is 1. The highest BCUT2D eigenvalue weighted by Crippen LogP contribution is 2.12. The highest BCUT2D eigenvalue weighted by molar-refractivity contribution is 7.09. The van der Waals surface area contributed by atoms with Gasteiger partial charge in [0.2, 0.25) is 0 Å². The number of carbonyl (C=O) groups is 2. The Morgan fingerprint density at radius 3 is 2.57 bits per heavy atom. The lowest BCUT2D eigenvalue weighted by atomic mass is 10.2. The maximum Gasteiger partial charge on any atom is 0.335 e. The van der Waals surface area contributed by atoms with E-state index in [1.54, 1.807) is 11.3 Å². The summed E-state index contributed by atoms with van der Waals surface area (Å²) in [5, 5.41) is 13.5. The van der Waals surface area contributed by atoms with Gasteiger partial charge in [0.25, 0.3) is 5.91 Å². The summed E-state index contributed by atoms with van der Waals surface area (Å²) in [6, 6.07) is 9.94. The fraction of sp³-hybridized carbons (Fsp3) is 0.200. The number of amides is 1. The van der Waals surface area contributed by atoms with Crippen LogP contribution in [0.1, 0.15) is 15.2 Å². The minimum atomic E-state index is -0.993. The molecule has 2 N–H and O–H groups in total. The van der Waals surface area contributed by atoms with Crippen LogP contribution in [0.2, 0.25) is 0 Å². The van der Waals surface area contributed by atoms with Gasteiger partial charge in [-0.15, -0.1) is 11.3 Å². The lowest BCUT2D eigenvalue weighted by Gasteiger charge is -2.07. The molecule has 0 aliphatic carbocycles. The van der Waals surface area contributed by atoms with Gasteiger partial charge in [0.15, 0.2) is 6.61 Å². The molecule has 0 bridgehead atoms. The molecule has 1 aromatic carbocycles. The first-order valence-corrected chi connectivity index (χ1v) is 7.28. The molecule has 0 aliphatic heterocycles. The van der Waals surface area contributed by atoms with E-state index >= 15 is 0 Å². The summed E-state index contributed by atoms with van der Waals surface area (Å²) in [5.41, 5.74) is 0.183. The van der Waals surface area contributed by atoms with Crippen molar-refractivity contribution in [3.63, 3.8) is 0 Å². The fourth-order valence-corrected chi connectivity index (χ4v) is 2.38. The molecule has 1 aromatic heterocycles. The smallest absolute Gasteiger partial charge is 0.335 e. The van der Waals surface area contributed by atoms with E-state index in [1.165, 1.54) is 29.1 Å². The van der Waals surface area contributed by atoms with E-state index in [0.717, 1.165) is 6.42 Å². The molecule has 0 spiro atoms. The number of nitrogens with one attached hydrogen (secondary N) is 1. The quantitative estimate of drug-likeness (QED) is 0.822. The SMILES string of the molecule is O=C(COc1ccc(C(=O)O)cc1)NCCc1cccs1. The van der Waals surface area contributed by atoms with Gasteiger partial charge in [-0.25, -0.2) is 4.79 Å². The molecule has 6 heteroatoms. The summed E-state index contributed by atoms with van der Waals surface area (Å²) in [4.78, 5) is 23.5. The first kappa shape index (κ1) is 15.1. The highest BCUT2D eigenvalue weighted by atomic mass is 32.1. The average Bonchev–Trinajstić information content (AvgIpc) is 2.99. The number of carboxylic acids is 1. The second-order valence-corrected chi connectivity index (χ2v) is 5.33. The zero-order valence-corrected chi connectivity index (χ0v) is 12.1. The topological polar surface area (TPSA) is 75.6 Å². The number of carbonyl (C=O) groups excluding carboxylic acids is 1. The molecule has 2 aromatic rings. The standard InChI is InChI=1S/C15H15NO4S/c17-14(16-8-7-13-2-1-9-21-13)10-20-12-5-3-11(4-6-12)15(18)19/h1-6,9H,7-8,10H2,(H,16,17)(H,18,19). The molecular formula is C15H15NO4S. The van der Waals surface area contributed by atoms with Gasteiger partial charge >= 0.3 is 5.97 Å². The van der Waals surface area contributed by atoms with E-state index < -0.39 is 5.97 Å². The summed E-state index contributed by atoms with van der Waals surface area (Å²) >= 11 is 1.66. The van der Waals surface area contributed by atoms with Crippen LogP contribution in [-0.2, 0) is 11.2 Å². The number of hydrogen-bond donors (Lipinski definition) is 2. The lowest BCUT2D eigenvalue weighted by Crippen LogP contribution is -2.30. The van der Waals surface area contributed by atoms with E-state index in [0.29, 0.717) is 12.3 Å². The average molecular weight is 305 g/mol. The number of hydrogen-bond acceptors (Lipinski definition) is 4. The zero-order valence-electron chi connectivity index (χ0n) is 11.2. The third-order valence-electron chi connectivity index (χ3n) is 2.74.